The number of hydrogen-bond donors (Lipinski definition) is 3. The van der Waals surface area contributed by atoms with Crippen LogP contribution in [0.4, 0.5) is 4.79 Å². The number of hydrazine groups is 1. The highest BCUT2D eigenvalue weighted by atomic mass is 16.3. The first kappa shape index (κ1) is 33.0. The summed E-state index contributed by atoms with van der Waals surface area (Å²) in [5.74, 6) is -0.950. The Morgan fingerprint density at radius 3 is 2.29 bits per heavy atom. The number of hydrogen-bond acceptors (Lipinski definition) is 6. The van der Waals surface area contributed by atoms with Crippen molar-refractivity contribution in [2.75, 3.05) is 19.6 Å². The van der Waals surface area contributed by atoms with Gasteiger partial charge >= 0.3 is 6.03 Å². The molecular formula is C38H38N6O5. The number of fused-ring (bicyclic) bond motifs is 1. The zero-order valence-corrected chi connectivity index (χ0v) is 26.9. The molecular weight excluding hydrogens is 620 g/mol. The summed E-state index contributed by atoms with van der Waals surface area (Å²) in [6.45, 7) is 4.56. The molecule has 4 N–H and O–H groups in total. The predicted octanol–water partition coefficient (Wildman–Crippen LogP) is 3.89. The molecule has 6 rings (SSSR count). The van der Waals surface area contributed by atoms with Gasteiger partial charge in [0.25, 0.3) is 0 Å². The van der Waals surface area contributed by atoms with Gasteiger partial charge in [-0.25, -0.2) is 14.8 Å². The minimum atomic E-state index is -0.901. The molecule has 5 amide bonds. The third-order valence-corrected chi connectivity index (χ3v) is 8.81. The number of nitrogens with zero attached hydrogens (tertiary/aromatic N) is 4. The van der Waals surface area contributed by atoms with E-state index >= 15 is 0 Å². The number of benzene rings is 4. The summed E-state index contributed by atoms with van der Waals surface area (Å²) in [5.41, 5.74) is 10.1. The van der Waals surface area contributed by atoms with Crippen LogP contribution in [0.5, 0.6) is 5.75 Å². The standard InChI is InChI=1S/C38H38N6O5/c1-2-18-42-25-35(46)43-33(20-26-14-16-32(45)17-15-26)37(48)41(24-34(43)44(42)38(49)40-22-27-8-4-3-5-9-27)23-28-10-6-11-29(19-28)30-12-7-13-31(21-30)36(39)47/h2-17,19,21,33-34,45H,1,18,20,22-25H2,(H2,39,47)(H,40,49)/t33-,34-/m0/s1. The van der Waals surface area contributed by atoms with Crippen LogP contribution in [0.3, 0.4) is 0 Å². The summed E-state index contributed by atoms with van der Waals surface area (Å²) < 4.78 is 0. The molecule has 4 aromatic rings. The highest BCUT2D eigenvalue weighted by Crippen LogP contribution is 2.30. The minimum absolute atomic E-state index is 0.0738. The van der Waals surface area contributed by atoms with Gasteiger partial charge in [-0.05, 0) is 58.1 Å². The molecule has 0 bridgehead atoms. The lowest BCUT2D eigenvalue weighted by molar-refractivity contribution is -0.189. The number of aromatic hydroxyl groups is 1. The van der Waals surface area contributed by atoms with Crippen molar-refractivity contribution in [3.63, 3.8) is 0 Å². The van der Waals surface area contributed by atoms with E-state index in [0.29, 0.717) is 5.56 Å². The number of primary amides is 1. The molecule has 0 saturated carbocycles. The fraction of sp³-hybridized carbons (Fsp3) is 0.211. The molecule has 11 nitrogen and oxygen atoms in total. The number of nitrogens with two attached hydrogens (primary N) is 1. The van der Waals surface area contributed by atoms with Gasteiger partial charge in [-0.1, -0.05) is 78.9 Å². The van der Waals surface area contributed by atoms with E-state index < -0.39 is 24.1 Å². The second kappa shape index (κ2) is 14.4. The molecule has 0 unspecified atom stereocenters. The maximum atomic E-state index is 14.4. The third-order valence-electron chi connectivity index (χ3n) is 8.81. The SMILES string of the molecule is C=CCN1CC(=O)N2[C@@H](Cc3ccc(O)cc3)C(=O)N(Cc3cccc(-c4cccc(C(N)=O)c4)c3)C[C@@H]2N1C(=O)NCc1ccccc1. The van der Waals surface area contributed by atoms with Gasteiger partial charge in [0.2, 0.25) is 17.7 Å². The smallest absolute Gasteiger partial charge is 0.334 e. The highest BCUT2D eigenvalue weighted by Gasteiger charge is 2.51. The maximum absolute atomic E-state index is 14.4. The first-order valence-electron chi connectivity index (χ1n) is 16.1. The summed E-state index contributed by atoms with van der Waals surface area (Å²) in [7, 11) is 0. The Morgan fingerprint density at radius 1 is 0.878 bits per heavy atom. The van der Waals surface area contributed by atoms with Crippen LogP contribution < -0.4 is 11.1 Å². The lowest BCUT2D eigenvalue weighted by Crippen LogP contribution is -2.76. The summed E-state index contributed by atoms with van der Waals surface area (Å²) in [6.07, 6.45) is 1.03. The van der Waals surface area contributed by atoms with Crippen molar-refractivity contribution in [2.24, 2.45) is 5.73 Å². The molecule has 2 fully saturated rings. The van der Waals surface area contributed by atoms with E-state index in [-0.39, 0.29) is 56.7 Å². The summed E-state index contributed by atoms with van der Waals surface area (Å²) in [5, 5.41) is 16.1. The first-order valence-corrected chi connectivity index (χ1v) is 16.1. The maximum Gasteiger partial charge on any atom is 0.334 e. The largest absolute Gasteiger partial charge is 0.508 e. The third kappa shape index (κ3) is 7.31. The molecule has 2 saturated heterocycles. The molecule has 11 heteroatoms. The average molecular weight is 659 g/mol. The van der Waals surface area contributed by atoms with Crippen molar-refractivity contribution >= 4 is 23.8 Å². The lowest BCUT2D eigenvalue weighted by Gasteiger charge is -2.55. The van der Waals surface area contributed by atoms with Crippen molar-refractivity contribution < 1.29 is 24.3 Å². The van der Waals surface area contributed by atoms with Crippen molar-refractivity contribution in [3.8, 4) is 16.9 Å². The van der Waals surface area contributed by atoms with Crippen LogP contribution in [0.15, 0.2) is 116 Å². The van der Waals surface area contributed by atoms with Crippen molar-refractivity contribution in [1.29, 1.82) is 0 Å². The van der Waals surface area contributed by atoms with Gasteiger partial charge in [0.05, 0.1) is 13.1 Å². The van der Waals surface area contributed by atoms with Crippen LogP contribution in [0.25, 0.3) is 11.1 Å². The number of phenols is 1. The zero-order chi connectivity index (χ0) is 34.5. The molecule has 0 aromatic heterocycles. The molecule has 2 atom stereocenters. The van der Waals surface area contributed by atoms with Gasteiger partial charge in [-0.2, -0.15) is 0 Å². The zero-order valence-electron chi connectivity index (χ0n) is 26.9. The van der Waals surface area contributed by atoms with E-state index in [4.69, 9.17) is 5.73 Å². The number of nitrogens with one attached hydrogen (secondary N) is 1. The van der Waals surface area contributed by atoms with E-state index in [1.165, 1.54) is 0 Å². The molecule has 2 aliphatic heterocycles. The Bertz CT molecular complexity index is 1860. The average Bonchev–Trinajstić information content (AvgIpc) is 3.10. The predicted molar refractivity (Wildman–Crippen MR) is 184 cm³/mol. The van der Waals surface area contributed by atoms with E-state index in [9.17, 15) is 24.3 Å². The Kier molecular flexibility index (Phi) is 9.72. The number of amides is 5. The van der Waals surface area contributed by atoms with E-state index in [1.807, 2.05) is 60.7 Å². The molecule has 2 heterocycles. The lowest BCUT2D eigenvalue weighted by atomic mass is 9.97. The van der Waals surface area contributed by atoms with Crippen LogP contribution in [-0.4, -0.2) is 80.5 Å². The number of urea groups is 1. The fourth-order valence-electron chi connectivity index (χ4n) is 6.48. The Hall–Kier alpha value is -5.94. The minimum Gasteiger partial charge on any atom is -0.508 e. The molecule has 250 valence electrons. The Labute approximate surface area is 284 Å². The van der Waals surface area contributed by atoms with Crippen LogP contribution in [-0.2, 0) is 29.1 Å². The van der Waals surface area contributed by atoms with Gasteiger partial charge < -0.3 is 26.0 Å². The Morgan fingerprint density at radius 2 is 1.57 bits per heavy atom. The normalized spacial score (nSPS) is 17.8. The van der Waals surface area contributed by atoms with E-state index in [0.717, 1.165) is 27.8 Å². The van der Waals surface area contributed by atoms with Crippen LogP contribution >= 0.6 is 0 Å². The van der Waals surface area contributed by atoms with E-state index in [1.54, 1.807) is 68.4 Å². The van der Waals surface area contributed by atoms with Crippen molar-refractivity contribution in [1.82, 2.24) is 25.1 Å². The number of piperazine rings is 1. The molecule has 0 aliphatic carbocycles. The topological polar surface area (TPSA) is 140 Å². The van der Waals surface area contributed by atoms with Gasteiger partial charge in [-0.3, -0.25) is 14.4 Å². The van der Waals surface area contributed by atoms with Crippen LogP contribution in [0.1, 0.15) is 27.0 Å². The number of phenolic OH excluding ortho intramolecular Hbond substituents is 1. The fourth-order valence-corrected chi connectivity index (χ4v) is 6.48. The highest BCUT2D eigenvalue weighted by molar-refractivity contribution is 5.94. The summed E-state index contributed by atoms with van der Waals surface area (Å²) in [4.78, 5) is 57.2. The quantitative estimate of drug-likeness (QED) is 0.221. The molecule has 49 heavy (non-hydrogen) atoms. The summed E-state index contributed by atoms with van der Waals surface area (Å²) in [6, 6.07) is 29.5. The first-order chi connectivity index (χ1) is 23.7. The molecule has 0 spiro atoms. The molecule has 4 aromatic carbocycles. The number of rotatable bonds is 10. The van der Waals surface area contributed by atoms with Gasteiger partial charge in [0, 0.05) is 31.6 Å². The van der Waals surface area contributed by atoms with Gasteiger partial charge in [0.15, 0.2) is 0 Å². The second-order valence-electron chi connectivity index (χ2n) is 12.2. The van der Waals surface area contributed by atoms with Crippen molar-refractivity contribution in [2.45, 2.75) is 31.7 Å². The van der Waals surface area contributed by atoms with Gasteiger partial charge in [0.1, 0.15) is 18.0 Å². The molecule has 2 aliphatic rings. The van der Waals surface area contributed by atoms with Gasteiger partial charge in [-0.15, -0.1) is 6.58 Å². The molecule has 0 radical (unpaired) electrons. The van der Waals surface area contributed by atoms with Crippen molar-refractivity contribution in [3.05, 3.63) is 138 Å². The Balaban J connectivity index is 1.34. The van der Waals surface area contributed by atoms with Crippen LogP contribution in [0, 0.1) is 0 Å². The number of carbonyl (C=O) groups is 4. The van der Waals surface area contributed by atoms with E-state index in [2.05, 4.69) is 11.9 Å². The summed E-state index contributed by atoms with van der Waals surface area (Å²) >= 11 is 0. The van der Waals surface area contributed by atoms with Crippen LogP contribution in [0.2, 0.25) is 0 Å². The second-order valence-corrected chi connectivity index (χ2v) is 12.2. The monoisotopic (exact) mass is 658 g/mol. The number of carbonyl (C=O) groups excluding carboxylic acids is 4.